The maximum Gasteiger partial charge on any atom is 0.317 e. The molecule has 1 aliphatic carbocycles. The van der Waals surface area contributed by atoms with Gasteiger partial charge < -0.3 is 15.3 Å². The van der Waals surface area contributed by atoms with Gasteiger partial charge in [0.2, 0.25) is 0 Å². The van der Waals surface area contributed by atoms with Crippen molar-refractivity contribution in [3.05, 3.63) is 0 Å². The molecule has 0 aromatic heterocycles. The minimum absolute atomic E-state index is 0.0661. The van der Waals surface area contributed by atoms with Crippen LogP contribution in [0, 0.1) is 11.8 Å². The van der Waals surface area contributed by atoms with Gasteiger partial charge in [-0.05, 0) is 38.5 Å². The van der Waals surface area contributed by atoms with Crippen LogP contribution in [0.4, 0.5) is 4.79 Å². The summed E-state index contributed by atoms with van der Waals surface area (Å²) < 4.78 is 0. The van der Waals surface area contributed by atoms with Crippen molar-refractivity contribution in [2.75, 3.05) is 13.6 Å². The Hall–Kier alpha value is -1.26. The molecule has 0 aromatic rings. The molecule has 5 heteroatoms. The standard InChI is InChI=1S/C13H24N2O3/c1-9-7-10(9)8-15(4)12(18)14-13(2,3)6-5-11(16)17/h9-10H,5-8H2,1-4H3,(H,14,18)(H,16,17). The monoisotopic (exact) mass is 256 g/mol. The summed E-state index contributed by atoms with van der Waals surface area (Å²) in [6.45, 7) is 6.66. The first-order valence-electron chi connectivity index (χ1n) is 6.46. The van der Waals surface area contributed by atoms with E-state index in [-0.39, 0.29) is 12.5 Å². The Kier molecular flexibility index (Phi) is 4.59. The van der Waals surface area contributed by atoms with Gasteiger partial charge in [0.05, 0.1) is 0 Å². The lowest BCUT2D eigenvalue weighted by molar-refractivity contribution is -0.137. The van der Waals surface area contributed by atoms with Crippen molar-refractivity contribution < 1.29 is 14.7 Å². The highest BCUT2D eigenvalue weighted by Crippen LogP contribution is 2.37. The van der Waals surface area contributed by atoms with E-state index in [0.717, 1.165) is 12.5 Å². The zero-order valence-electron chi connectivity index (χ0n) is 11.7. The number of carboxylic acids is 1. The number of carbonyl (C=O) groups excluding carboxylic acids is 1. The van der Waals surface area contributed by atoms with Gasteiger partial charge in [-0.2, -0.15) is 0 Å². The Morgan fingerprint density at radius 1 is 1.44 bits per heavy atom. The Labute approximate surface area is 109 Å². The number of nitrogens with one attached hydrogen (secondary N) is 1. The number of hydrogen-bond donors (Lipinski definition) is 2. The lowest BCUT2D eigenvalue weighted by Crippen LogP contribution is -2.49. The average molecular weight is 256 g/mol. The number of aliphatic carboxylic acids is 1. The van der Waals surface area contributed by atoms with Gasteiger partial charge in [-0.1, -0.05) is 6.92 Å². The summed E-state index contributed by atoms with van der Waals surface area (Å²) in [6.07, 6.45) is 1.69. The molecule has 0 heterocycles. The van der Waals surface area contributed by atoms with E-state index < -0.39 is 11.5 Å². The number of urea groups is 1. The van der Waals surface area contributed by atoms with E-state index in [0.29, 0.717) is 12.3 Å². The molecule has 0 aliphatic heterocycles. The number of amides is 2. The molecule has 0 saturated heterocycles. The summed E-state index contributed by atoms with van der Waals surface area (Å²) in [7, 11) is 1.79. The molecule has 1 saturated carbocycles. The van der Waals surface area contributed by atoms with Gasteiger partial charge in [-0.3, -0.25) is 4.79 Å². The topological polar surface area (TPSA) is 69.6 Å². The summed E-state index contributed by atoms with van der Waals surface area (Å²) in [4.78, 5) is 24.2. The fourth-order valence-electron chi connectivity index (χ4n) is 1.95. The molecule has 0 radical (unpaired) electrons. The molecular weight excluding hydrogens is 232 g/mol. The molecule has 0 spiro atoms. The normalized spacial score (nSPS) is 22.4. The van der Waals surface area contributed by atoms with Crippen LogP contribution in [0.25, 0.3) is 0 Å². The predicted molar refractivity (Wildman–Crippen MR) is 69.4 cm³/mol. The van der Waals surface area contributed by atoms with Crippen molar-refractivity contribution in [3.63, 3.8) is 0 Å². The van der Waals surface area contributed by atoms with Gasteiger partial charge in [0.1, 0.15) is 0 Å². The highest BCUT2D eigenvalue weighted by atomic mass is 16.4. The molecule has 5 nitrogen and oxygen atoms in total. The molecule has 1 fully saturated rings. The third-order valence-corrected chi connectivity index (χ3v) is 3.54. The van der Waals surface area contributed by atoms with Crippen molar-refractivity contribution in [3.8, 4) is 0 Å². The molecule has 2 N–H and O–H groups in total. The van der Waals surface area contributed by atoms with Crippen LogP contribution >= 0.6 is 0 Å². The highest BCUT2D eigenvalue weighted by Gasteiger charge is 2.34. The van der Waals surface area contributed by atoms with Crippen LogP contribution in [0.3, 0.4) is 0 Å². The second kappa shape index (κ2) is 5.59. The van der Waals surface area contributed by atoms with Gasteiger partial charge in [-0.25, -0.2) is 4.79 Å². The maximum atomic E-state index is 11.9. The molecule has 0 bridgehead atoms. The minimum Gasteiger partial charge on any atom is -0.481 e. The van der Waals surface area contributed by atoms with E-state index in [1.165, 1.54) is 6.42 Å². The maximum absolute atomic E-state index is 11.9. The van der Waals surface area contributed by atoms with Crippen LogP contribution in [0.1, 0.15) is 40.0 Å². The summed E-state index contributed by atoms with van der Waals surface area (Å²) in [5.41, 5.74) is -0.487. The Morgan fingerprint density at radius 2 is 2.00 bits per heavy atom. The van der Waals surface area contributed by atoms with Gasteiger partial charge in [-0.15, -0.1) is 0 Å². The van der Waals surface area contributed by atoms with Crippen LogP contribution in [0.15, 0.2) is 0 Å². The van der Waals surface area contributed by atoms with Crippen molar-refractivity contribution >= 4 is 12.0 Å². The van der Waals surface area contributed by atoms with E-state index in [4.69, 9.17) is 5.11 Å². The highest BCUT2D eigenvalue weighted by molar-refractivity contribution is 5.75. The second-order valence-electron chi connectivity index (χ2n) is 6.06. The van der Waals surface area contributed by atoms with E-state index in [9.17, 15) is 9.59 Å². The quantitative estimate of drug-likeness (QED) is 0.763. The van der Waals surface area contributed by atoms with E-state index in [1.807, 2.05) is 13.8 Å². The van der Waals surface area contributed by atoms with E-state index in [1.54, 1.807) is 11.9 Å². The SMILES string of the molecule is CC1CC1CN(C)C(=O)NC(C)(C)CCC(=O)O. The lowest BCUT2D eigenvalue weighted by atomic mass is 9.99. The molecule has 1 aliphatic rings. The molecule has 0 aromatic carbocycles. The van der Waals surface area contributed by atoms with E-state index >= 15 is 0 Å². The number of carbonyl (C=O) groups is 2. The van der Waals surface area contributed by atoms with Gasteiger partial charge >= 0.3 is 12.0 Å². The third-order valence-electron chi connectivity index (χ3n) is 3.54. The van der Waals surface area contributed by atoms with Crippen LogP contribution in [-0.4, -0.2) is 41.1 Å². The zero-order valence-corrected chi connectivity index (χ0v) is 11.7. The first-order chi connectivity index (χ1) is 8.21. The molecule has 2 amide bonds. The van der Waals surface area contributed by atoms with Crippen LogP contribution in [0.5, 0.6) is 0 Å². The number of hydrogen-bond acceptors (Lipinski definition) is 2. The zero-order chi connectivity index (χ0) is 13.9. The Balaban J connectivity index is 2.34. The summed E-state index contributed by atoms with van der Waals surface area (Å²) in [5, 5.41) is 11.5. The van der Waals surface area contributed by atoms with Gasteiger partial charge in [0.25, 0.3) is 0 Å². The van der Waals surface area contributed by atoms with Crippen molar-refractivity contribution in [2.24, 2.45) is 11.8 Å². The minimum atomic E-state index is -0.836. The van der Waals surface area contributed by atoms with Gasteiger partial charge in [0, 0.05) is 25.6 Å². The molecule has 18 heavy (non-hydrogen) atoms. The first kappa shape index (κ1) is 14.8. The van der Waals surface area contributed by atoms with Crippen molar-refractivity contribution in [2.45, 2.75) is 45.6 Å². The number of carboxylic acid groups (broad SMARTS) is 1. The molecule has 1 rings (SSSR count). The Bertz CT molecular complexity index is 328. The molecule has 104 valence electrons. The largest absolute Gasteiger partial charge is 0.481 e. The fourth-order valence-corrected chi connectivity index (χ4v) is 1.95. The van der Waals surface area contributed by atoms with Gasteiger partial charge in [0.15, 0.2) is 0 Å². The molecular formula is C13H24N2O3. The third kappa shape index (κ3) is 4.94. The predicted octanol–water partition coefficient (Wildman–Crippen LogP) is 1.93. The van der Waals surface area contributed by atoms with Crippen molar-refractivity contribution in [1.29, 1.82) is 0 Å². The molecule has 2 atom stereocenters. The van der Waals surface area contributed by atoms with E-state index in [2.05, 4.69) is 12.2 Å². The fraction of sp³-hybridized carbons (Fsp3) is 0.846. The Morgan fingerprint density at radius 3 is 2.44 bits per heavy atom. The average Bonchev–Trinajstić information content (AvgIpc) is 2.91. The number of nitrogens with zero attached hydrogens (tertiary/aromatic N) is 1. The number of rotatable bonds is 6. The second-order valence-corrected chi connectivity index (χ2v) is 6.06. The summed E-state index contributed by atoms with van der Waals surface area (Å²) in [5.74, 6) is 0.514. The molecule has 2 unspecified atom stereocenters. The summed E-state index contributed by atoms with van der Waals surface area (Å²) >= 11 is 0. The van der Waals surface area contributed by atoms with Crippen molar-refractivity contribution in [1.82, 2.24) is 10.2 Å². The van der Waals surface area contributed by atoms with Crippen LogP contribution in [-0.2, 0) is 4.79 Å². The summed E-state index contributed by atoms with van der Waals surface area (Å²) in [6, 6.07) is -0.121. The van der Waals surface area contributed by atoms with Crippen LogP contribution < -0.4 is 5.32 Å². The van der Waals surface area contributed by atoms with Crippen LogP contribution in [0.2, 0.25) is 0 Å². The lowest BCUT2D eigenvalue weighted by Gasteiger charge is -2.29. The first-order valence-corrected chi connectivity index (χ1v) is 6.46. The smallest absolute Gasteiger partial charge is 0.317 e.